The van der Waals surface area contributed by atoms with Crippen molar-refractivity contribution in [3.05, 3.63) is 69.5 Å². The predicted molar refractivity (Wildman–Crippen MR) is 83.7 cm³/mol. The van der Waals surface area contributed by atoms with Crippen LogP contribution in [0.25, 0.3) is 22.0 Å². The van der Waals surface area contributed by atoms with Gasteiger partial charge in [0.1, 0.15) is 0 Å². The van der Waals surface area contributed by atoms with E-state index in [1.165, 1.54) is 0 Å². The van der Waals surface area contributed by atoms with Crippen LogP contribution in [0.4, 0.5) is 0 Å². The van der Waals surface area contributed by atoms with Crippen molar-refractivity contribution in [1.82, 2.24) is 4.98 Å². The molecular formula is C17H11ClNO3-. The van der Waals surface area contributed by atoms with Gasteiger partial charge in [-0.3, -0.25) is 4.79 Å². The van der Waals surface area contributed by atoms with E-state index in [1.54, 1.807) is 18.2 Å². The molecule has 1 aromatic heterocycles. The maximum absolute atomic E-state index is 12.3. The first-order valence-corrected chi connectivity index (χ1v) is 7.04. The van der Waals surface area contributed by atoms with Crippen molar-refractivity contribution < 1.29 is 9.90 Å². The van der Waals surface area contributed by atoms with Crippen molar-refractivity contribution in [3.63, 3.8) is 0 Å². The summed E-state index contributed by atoms with van der Waals surface area (Å²) in [7, 11) is 0. The molecule has 1 N–H and O–H groups in total. The highest BCUT2D eigenvalue weighted by molar-refractivity contribution is 6.31. The highest BCUT2D eigenvalue weighted by Crippen LogP contribution is 2.31. The molecule has 4 nitrogen and oxygen atoms in total. The molecule has 0 spiro atoms. The quantitative estimate of drug-likeness (QED) is 0.805. The molecule has 0 aliphatic heterocycles. The van der Waals surface area contributed by atoms with Crippen molar-refractivity contribution in [2.24, 2.45) is 0 Å². The van der Waals surface area contributed by atoms with E-state index in [0.29, 0.717) is 21.5 Å². The zero-order valence-corrected chi connectivity index (χ0v) is 12.2. The van der Waals surface area contributed by atoms with Gasteiger partial charge in [-0.15, -0.1) is 0 Å². The third-order valence-corrected chi connectivity index (χ3v) is 3.69. The molecule has 110 valence electrons. The Labute approximate surface area is 131 Å². The summed E-state index contributed by atoms with van der Waals surface area (Å²) < 4.78 is 0. The van der Waals surface area contributed by atoms with Crippen molar-refractivity contribution in [1.29, 1.82) is 0 Å². The van der Waals surface area contributed by atoms with Crippen molar-refractivity contribution in [3.8, 4) is 11.1 Å². The number of fused-ring (bicyclic) bond motifs is 1. The molecule has 0 aliphatic carbocycles. The normalized spacial score (nSPS) is 10.8. The molecule has 0 amide bonds. The van der Waals surface area contributed by atoms with Gasteiger partial charge in [0.25, 0.3) is 5.56 Å². The van der Waals surface area contributed by atoms with E-state index >= 15 is 0 Å². The zero-order chi connectivity index (χ0) is 15.7. The molecule has 0 fully saturated rings. The first-order valence-electron chi connectivity index (χ1n) is 6.66. The molecule has 5 heteroatoms. The third-order valence-electron chi connectivity index (χ3n) is 3.46. The smallest absolute Gasteiger partial charge is 0.252 e. The molecule has 0 aliphatic rings. The lowest BCUT2D eigenvalue weighted by Crippen LogP contribution is -2.28. The number of nitrogens with one attached hydrogen (secondary N) is 1. The second-order valence-electron chi connectivity index (χ2n) is 4.91. The number of pyridine rings is 1. The highest BCUT2D eigenvalue weighted by Gasteiger charge is 2.15. The second-order valence-corrected chi connectivity index (χ2v) is 5.35. The van der Waals surface area contributed by atoms with E-state index in [4.69, 9.17) is 11.6 Å². The first kappa shape index (κ1) is 14.4. The molecule has 0 saturated heterocycles. The number of carboxylic acid groups (broad SMARTS) is 1. The van der Waals surface area contributed by atoms with E-state index in [0.717, 1.165) is 5.56 Å². The summed E-state index contributed by atoms with van der Waals surface area (Å²) in [5.74, 6) is -1.30. The van der Waals surface area contributed by atoms with Crippen molar-refractivity contribution >= 4 is 28.5 Å². The van der Waals surface area contributed by atoms with Crippen molar-refractivity contribution in [2.45, 2.75) is 6.42 Å². The molecule has 2 aromatic carbocycles. The fraction of sp³-hybridized carbons (Fsp3) is 0.0588. The number of hydrogen-bond acceptors (Lipinski definition) is 3. The average Bonchev–Trinajstić information content (AvgIpc) is 2.49. The number of H-pyrrole nitrogens is 1. The Hall–Kier alpha value is -2.59. The maximum atomic E-state index is 12.3. The number of aliphatic carboxylic acids is 1. The number of carbonyl (C=O) groups is 1. The SMILES string of the molecule is O=C([O-])Cc1c(-c2ccccc2)c2cc(Cl)ccc2[nH]c1=O. The molecule has 0 unspecified atom stereocenters. The topological polar surface area (TPSA) is 73.0 Å². The number of aromatic nitrogens is 1. The lowest BCUT2D eigenvalue weighted by molar-refractivity contribution is -0.304. The Morgan fingerprint density at radius 2 is 1.86 bits per heavy atom. The minimum Gasteiger partial charge on any atom is -0.550 e. The van der Waals surface area contributed by atoms with Crippen LogP contribution in [0.5, 0.6) is 0 Å². The van der Waals surface area contributed by atoms with E-state index < -0.39 is 17.9 Å². The lowest BCUT2D eigenvalue weighted by Gasteiger charge is -2.13. The number of carboxylic acids is 1. The molecule has 0 bridgehead atoms. The molecule has 0 atom stereocenters. The summed E-state index contributed by atoms with van der Waals surface area (Å²) in [5, 5.41) is 12.2. The van der Waals surface area contributed by atoms with Crippen LogP contribution in [0.3, 0.4) is 0 Å². The number of rotatable bonds is 3. The lowest BCUT2D eigenvalue weighted by atomic mass is 9.95. The summed E-state index contributed by atoms with van der Waals surface area (Å²) in [6.07, 6.45) is -0.456. The average molecular weight is 313 g/mol. The van der Waals surface area contributed by atoms with Crippen LogP contribution < -0.4 is 10.7 Å². The minimum absolute atomic E-state index is 0.168. The molecule has 0 radical (unpaired) electrons. The number of hydrogen-bond donors (Lipinski definition) is 1. The van der Waals surface area contributed by atoms with Gasteiger partial charge in [-0.2, -0.15) is 0 Å². The largest absolute Gasteiger partial charge is 0.550 e. The Morgan fingerprint density at radius 3 is 2.55 bits per heavy atom. The number of halogens is 1. The summed E-state index contributed by atoms with van der Waals surface area (Å²) in [4.78, 5) is 26.0. The van der Waals surface area contributed by atoms with Gasteiger partial charge in [0.2, 0.25) is 0 Å². The van der Waals surface area contributed by atoms with Crippen LogP contribution in [0.1, 0.15) is 5.56 Å². The number of carbonyl (C=O) groups excluding carboxylic acids is 1. The van der Waals surface area contributed by atoms with Gasteiger partial charge < -0.3 is 14.9 Å². The minimum atomic E-state index is -1.30. The summed E-state index contributed by atoms with van der Waals surface area (Å²) >= 11 is 6.06. The molecule has 3 aromatic rings. The zero-order valence-electron chi connectivity index (χ0n) is 11.4. The predicted octanol–water partition coefficient (Wildman–Crippen LogP) is 2.14. The number of aromatic amines is 1. The summed E-state index contributed by atoms with van der Waals surface area (Å²) in [6.45, 7) is 0. The summed E-state index contributed by atoms with van der Waals surface area (Å²) in [6, 6.07) is 14.3. The Bertz CT molecular complexity index is 916. The van der Waals surface area contributed by atoms with Gasteiger partial charge in [0.15, 0.2) is 0 Å². The fourth-order valence-corrected chi connectivity index (χ4v) is 2.73. The first-order chi connectivity index (χ1) is 10.6. The van der Waals surface area contributed by atoms with Gasteiger partial charge in [0.05, 0.1) is 0 Å². The third kappa shape index (κ3) is 2.61. The standard InChI is InChI=1S/C17H12ClNO3/c18-11-6-7-14-12(8-11)16(10-4-2-1-3-5-10)13(9-15(20)21)17(22)19-14/h1-8H,9H2,(H,19,22)(H,20,21)/p-1. The van der Waals surface area contributed by atoms with Gasteiger partial charge >= 0.3 is 0 Å². The Morgan fingerprint density at radius 1 is 1.14 bits per heavy atom. The van der Waals surface area contributed by atoms with Crippen LogP contribution in [0, 0.1) is 0 Å². The molecule has 1 heterocycles. The van der Waals surface area contributed by atoms with Gasteiger partial charge in [-0.05, 0) is 23.8 Å². The number of benzene rings is 2. The van der Waals surface area contributed by atoms with Gasteiger partial charge in [-0.1, -0.05) is 41.9 Å². The van der Waals surface area contributed by atoms with E-state index in [-0.39, 0.29) is 5.56 Å². The van der Waals surface area contributed by atoms with E-state index in [1.807, 2.05) is 30.3 Å². The van der Waals surface area contributed by atoms with E-state index in [9.17, 15) is 14.7 Å². The molecular weight excluding hydrogens is 302 g/mol. The van der Waals surface area contributed by atoms with Crippen LogP contribution in [0.2, 0.25) is 5.02 Å². The van der Waals surface area contributed by atoms with Crippen LogP contribution >= 0.6 is 11.6 Å². The second kappa shape index (κ2) is 5.66. The fourth-order valence-electron chi connectivity index (χ4n) is 2.55. The summed E-state index contributed by atoms with van der Waals surface area (Å²) in [5.41, 5.74) is 1.68. The monoisotopic (exact) mass is 312 g/mol. The maximum Gasteiger partial charge on any atom is 0.252 e. The van der Waals surface area contributed by atoms with Crippen molar-refractivity contribution in [2.75, 3.05) is 0 Å². The van der Waals surface area contributed by atoms with Crippen LogP contribution in [-0.4, -0.2) is 11.0 Å². The Balaban J connectivity index is 2.44. The van der Waals surface area contributed by atoms with Gasteiger partial charge in [0, 0.05) is 39.4 Å². The van der Waals surface area contributed by atoms with Gasteiger partial charge in [-0.25, -0.2) is 0 Å². The Kier molecular flexibility index (Phi) is 3.69. The van der Waals surface area contributed by atoms with Crippen LogP contribution in [0.15, 0.2) is 53.3 Å². The molecule has 22 heavy (non-hydrogen) atoms. The van der Waals surface area contributed by atoms with Crippen LogP contribution in [-0.2, 0) is 11.2 Å². The molecule has 0 saturated carbocycles. The molecule has 3 rings (SSSR count). The highest BCUT2D eigenvalue weighted by atomic mass is 35.5. The van der Waals surface area contributed by atoms with E-state index in [2.05, 4.69) is 4.98 Å².